The molecule has 4 aliphatic rings. The van der Waals surface area contributed by atoms with Crippen molar-refractivity contribution in [1.82, 2.24) is 24.9 Å². The molecule has 4 aliphatic heterocycles. The van der Waals surface area contributed by atoms with Crippen molar-refractivity contribution in [3.63, 3.8) is 0 Å². The number of halogens is 2. The van der Waals surface area contributed by atoms with E-state index in [0.29, 0.717) is 64.7 Å². The van der Waals surface area contributed by atoms with Crippen LogP contribution in [0, 0.1) is 5.92 Å². The van der Waals surface area contributed by atoms with Crippen LogP contribution in [-0.4, -0.2) is 205 Å². The number of ether oxygens (including phenoxy) is 4. The summed E-state index contributed by atoms with van der Waals surface area (Å²) in [5.41, 5.74) is 0. The minimum Gasteiger partial charge on any atom is -0.466 e. The molecule has 0 atom stereocenters. The molecule has 4 fully saturated rings. The lowest BCUT2D eigenvalue weighted by Gasteiger charge is -2.38. The van der Waals surface area contributed by atoms with Crippen LogP contribution in [0.1, 0.15) is 79.1 Å². The first-order valence-electron chi connectivity index (χ1n) is 23.2. The summed E-state index contributed by atoms with van der Waals surface area (Å²) in [6.07, 6.45) is 9.38. The Bertz CT molecular complexity index is 2150. The maximum absolute atomic E-state index is 12.2. The molecule has 0 aliphatic carbocycles. The van der Waals surface area contributed by atoms with Crippen molar-refractivity contribution in [2.45, 2.75) is 107 Å². The number of anilines is 1. The first kappa shape index (κ1) is 65.3. The van der Waals surface area contributed by atoms with Gasteiger partial charge in [0.2, 0.25) is 5.95 Å². The minimum absolute atomic E-state index is 0. The number of carbonyl (C=O) groups excluding carboxylic acids is 4. The Hall–Kier alpha value is -2.69. The normalized spacial score (nSPS) is 19.3. The molecule has 5 heterocycles. The fraction of sp³-hybridized carbons (Fsp3) is 0.805. The summed E-state index contributed by atoms with van der Waals surface area (Å²) < 4.78 is 87.8. The van der Waals surface area contributed by atoms with Gasteiger partial charge in [-0.05, 0) is 148 Å². The van der Waals surface area contributed by atoms with Gasteiger partial charge >= 0.3 is 38.0 Å². The monoisotopic (exact) mass is 1140 g/mol. The van der Waals surface area contributed by atoms with Crippen molar-refractivity contribution in [2.24, 2.45) is 5.92 Å². The summed E-state index contributed by atoms with van der Waals surface area (Å²) in [5, 5.41) is 21.8. The predicted octanol–water partition coefficient (Wildman–Crippen LogP) is 1.23. The minimum atomic E-state index is -3.57. The molecule has 70 heavy (non-hydrogen) atoms. The second-order valence-corrected chi connectivity index (χ2v) is 25.2. The number of piperidine rings is 4. The van der Waals surface area contributed by atoms with Crippen molar-refractivity contribution < 1.29 is 73.4 Å². The predicted molar refractivity (Wildman–Crippen MR) is 273 cm³/mol. The molecule has 22 nitrogen and oxygen atoms in total. The van der Waals surface area contributed by atoms with Gasteiger partial charge in [0.1, 0.15) is 0 Å². The zero-order valence-electron chi connectivity index (χ0n) is 41.9. The fourth-order valence-electron chi connectivity index (χ4n) is 8.36. The number of sulfone groups is 3. The lowest BCUT2D eigenvalue weighted by atomic mass is 9.80. The van der Waals surface area contributed by atoms with Gasteiger partial charge in [-0.15, -0.1) is 12.4 Å². The Morgan fingerprint density at radius 2 is 0.957 bits per heavy atom. The maximum atomic E-state index is 12.2. The van der Waals surface area contributed by atoms with Gasteiger partial charge in [-0.2, -0.15) is 0 Å². The van der Waals surface area contributed by atoms with Crippen molar-refractivity contribution in [3.05, 3.63) is 16.9 Å². The van der Waals surface area contributed by atoms with Crippen LogP contribution in [0.25, 0.3) is 0 Å². The summed E-state index contributed by atoms with van der Waals surface area (Å²) in [7, 11) is -11.6. The summed E-state index contributed by atoms with van der Waals surface area (Å²) in [4.78, 5) is 61.2. The molecule has 0 radical (unpaired) electrons. The molecule has 0 unspecified atom stereocenters. The van der Waals surface area contributed by atoms with Crippen LogP contribution < -0.4 is 10.2 Å². The number of aromatic nitrogens is 2. The van der Waals surface area contributed by atoms with E-state index in [9.17, 15) is 54.5 Å². The lowest BCUT2D eigenvalue weighted by Crippen LogP contribution is -2.56. The third-order valence-corrected chi connectivity index (χ3v) is 19.1. The van der Waals surface area contributed by atoms with Gasteiger partial charge in [-0.25, -0.2) is 35.2 Å². The van der Waals surface area contributed by atoms with E-state index in [1.807, 2.05) is 16.6 Å². The Kier molecular flexibility index (Phi) is 27.3. The number of nitrogens with zero attached hydrogens (tertiary/aromatic N) is 5. The molecule has 29 heteroatoms. The Morgan fingerprint density at radius 1 is 0.629 bits per heavy atom. The van der Waals surface area contributed by atoms with Crippen LogP contribution in [0.3, 0.4) is 0 Å². The van der Waals surface area contributed by atoms with Crippen LogP contribution >= 0.6 is 28.3 Å². The third kappa shape index (κ3) is 17.5. The topological polar surface area (TPSA) is 296 Å². The molecule has 1 aromatic heterocycles. The van der Waals surface area contributed by atoms with Gasteiger partial charge in [-0.3, -0.25) is 19.2 Å². The first-order chi connectivity index (χ1) is 32.1. The molecular formula is C41H74B2BrClN6O16S3. The van der Waals surface area contributed by atoms with Crippen LogP contribution in [0.4, 0.5) is 5.95 Å². The van der Waals surface area contributed by atoms with Crippen LogP contribution in [0.5, 0.6) is 0 Å². The molecule has 4 saturated heterocycles. The Morgan fingerprint density at radius 3 is 1.29 bits per heavy atom. The molecule has 3 N–H and O–H groups in total. The smallest absolute Gasteiger partial charge is 0.376 e. The molecule has 0 aromatic carbocycles. The highest BCUT2D eigenvalue weighted by Gasteiger charge is 2.53. The molecule has 1 aromatic rings. The SMILES string of the molecule is CCOC(=O)C1(S(C)(=O)=O)CCN(B(C)O)CC1.CCOC(=O)C1(S(C)(=O)=O)CCN(c2ncc(Br)cn2)CC1.CCOC(=O)C1(S(C)(=O)=O)CCNCC1.CCOC(=O)C1CCN(B(C)O)CC1.Cl. The average molecular weight is 1140 g/mol. The van der Waals surface area contributed by atoms with Crippen LogP contribution in [0.2, 0.25) is 13.6 Å². The maximum Gasteiger partial charge on any atom is 0.376 e. The van der Waals surface area contributed by atoms with Crippen molar-refractivity contribution in [3.8, 4) is 0 Å². The zero-order valence-corrected chi connectivity index (χ0v) is 46.7. The largest absolute Gasteiger partial charge is 0.466 e. The highest BCUT2D eigenvalue weighted by atomic mass is 79.9. The van der Waals surface area contributed by atoms with Crippen molar-refractivity contribution >= 4 is 102 Å². The molecule has 402 valence electrons. The van der Waals surface area contributed by atoms with E-state index in [0.717, 1.165) is 49.2 Å². The number of esters is 4. The van der Waals surface area contributed by atoms with Gasteiger partial charge in [0.05, 0.1) is 36.8 Å². The van der Waals surface area contributed by atoms with Gasteiger partial charge in [0, 0.05) is 44.3 Å². The molecule has 0 bridgehead atoms. The van der Waals surface area contributed by atoms with E-state index >= 15 is 0 Å². The summed E-state index contributed by atoms with van der Waals surface area (Å²) in [6, 6.07) is 0. The fourth-order valence-corrected chi connectivity index (χ4v) is 12.4. The quantitative estimate of drug-likeness (QED) is 0.134. The number of carbonyl (C=O) groups is 4. The second kappa shape index (κ2) is 29.3. The summed E-state index contributed by atoms with van der Waals surface area (Å²) in [5.74, 6) is -1.46. The van der Waals surface area contributed by atoms with Crippen LogP contribution in [-0.2, 0) is 67.6 Å². The Labute approximate surface area is 430 Å². The average Bonchev–Trinajstić information content (AvgIpc) is 3.29. The van der Waals surface area contributed by atoms with Gasteiger partial charge in [0.25, 0.3) is 0 Å². The van der Waals surface area contributed by atoms with E-state index in [2.05, 4.69) is 31.2 Å². The molecule has 0 spiro atoms. The Balaban J connectivity index is 0.000000472. The summed E-state index contributed by atoms with van der Waals surface area (Å²) in [6.45, 7) is 15.3. The number of hydrogen-bond acceptors (Lipinski definition) is 22. The van der Waals surface area contributed by atoms with Crippen LogP contribution in [0.15, 0.2) is 16.9 Å². The highest BCUT2D eigenvalue weighted by Crippen LogP contribution is 2.34. The van der Waals surface area contributed by atoms with Gasteiger partial charge in [-0.1, -0.05) is 0 Å². The van der Waals surface area contributed by atoms with E-state index in [1.165, 1.54) is 0 Å². The van der Waals surface area contributed by atoms with Crippen molar-refractivity contribution in [2.75, 3.05) is 102 Å². The molecular weight excluding hydrogens is 1070 g/mol. The number of nitrogens with one attached hydrogen (secondary N) is 1. The molecule has 0 saturated carbocycles. The number of rotatable bonds is 14. The highest BCUT2D eigenvalue weighted by molar-refractivity contribution is 9.10. The standard InChI is InChI=1S/C13H18BrN3O4S.C10H20BNO5S.C9H18BNO3.C9H17NO4S.ClH/c1-3-21-11(18)13(22(2,19)20)4-6-17(7-5-13)12-15-8-10(14)9-16-12;1-4-17-9(13)10(18(3,15)16)5-7-12(8-6-10)11(2)14;1-3-14-9(12)8-4-6-11(7-5-8)10(2)13;1-3-14-8(11)9(15(2,12)13)4-6-10-7-5-9;/h8-9H,3-7H2,1-2H3;14H,4-8H2,1-3H3;8,13H,3-7H2,1-2H3;10H,3-7H2,1-2H3;1H. The van der Waals surface area contributed by atoms with Gasteiger partial charge in [0.15, 0.2) is 43.8 Å². The van der Waals surface area contributed by atoms with E-state index in [1.54, 1.807) is 51.6 Å². The number of hydrogen-bond donors (Lipinski definition) is 3. The van der Waals surface area contributed by atoms with E-state index in [4.69, 9.17) is 18.9 Å². The first-order valence-corrected chi connectivity index (χ1v) is 29.6. The third-order valence-electron chi connectivity index (χ3n) is 12.8. The van der Waals surface area contributed by atoms with Crippen molar-refractivity contribution in [1.29, 1.82) is 0 Å². The summed E-state index contributed by atoms with van der Waals surface area (Å²) >= 11 is 3.27. The van der Waals surface area contributed by atoms with Gasteiger partial charge < -0.3 is 48.8 Å². The molecule has 5 rings (SSSR count). The molecule has 0 amide bonds. The second-order valence-electron chi connectivity index (χ2n) is 17.3. The van der Waals surface area contributed by atoms with E-state index in [-0.39, 0.29) is 69.8 Å². The zero-order chi connectivity index (χ0) is 52.4. The van der Waals surface area contributed by atoms with E-state index < -0.39 is 75.8 Å². The lowest BCUT2D eigenvalue weighted by molar-refractivity contribution is -0.149.